The predicted molar refractivity (Wildman–Crippen MR) is 77.4 cm³/mol. The van der Waals surface area contributed by atoms with Gasteiger partial charge in [-0.25, -0.2) is 8.42 Å². The second-order valence-electron chi connectivity index (χ2n) is 4.99. The van der Waals surface area contributed by atoms with E-state index in [1.54, 1.807) is 31.2 Å². The number of ether oxygens (including phenoxy) is 1. The molecule has 0 spiro atoms. The van der Waals surface area contributed by atoms with Crippen molar-refractivity contribution in [2.45, 2.75) is 18.1 Å². The van der Waals surface area contributed by atoms with Crippen LogP contribution in [0.2, 0.25) is 5.02 Å². The van der Waals surface area contributed by atoms with Crippen molar-refractivity contribution in [2.75, 3.05) is 19.5 Å². The lowest BCUT2D eigenvalue weighted by Crippen LogP contribution is -2.20. The van der Waals surface area contributed by atoms with Gasteiger partial charge >= 0.3 is 0 Å². The molecule has 4 nitrogen and oxygen atoms in total. The molecule has 0 saturated heterocycles. The van der Waals surface area contributed by atoms with Gasteiger partial charge in [-0.3, -0.25) is 0 Å². The van der Waals surface area contributed by atoms with E-state index in [0.717, 1.165) is 5.56 Å². The second-order valence-corrected chi connectivity index (χ2v) is 7.83. The zero-order valence-electron chi connectivity index (χ0n) is 11.3. The maximum absolute atomic E-state index is 12.2. The molecule has 0 radical (unpaired) electrons. The van der Waals surface area contributed by atoms with Crippen LogP contribution in [0.5, 0.6) is 0 Å². The molecule has 1 saturated carbocycles. The monoisotopic (exact) mass is 313 g/mol. The van der Waals surface area contributed by atoms with Crippen LogP contribution >= 0.6 is 11.6 Å². The summed E-state index contributed by atoms with van der Waals surface area (Å²) < 4.78 is 29.6. The Hall–Kier alpha value is -1.09. The summed E-state index contributed by atoms with van der Waals surface area (Å²) in [7, 11) is -1.83. The topological polar surface area (TPSA) is 67.2 Å². The van der Waals surface area contributed by atoms with Gasteiger partial charge in [-0.1, -0.05) is 30.7 Å². The summed E-state index contributed by atoms with van der Waals surface area (Å²) >= 11 is 5.85. The highest BCUT2D eigenvalue weighted by atomic mass is 35.5. The highest BCUT2D eigenvalue weighted by Crippen LogP contribution is 2.62. The van der Waals surface area contributed by atoms with Gasteiger partial charge in [0.15, 0.2) is 9.84 Å². The molecule has 6 heteroatoms. The van der Waals surface area contributed by atoms with Crippen molar-refractivity contribution >= 4 is 21.4 Å². The van der Waals surface area contributed by atoms with E-state index in [-0.39, 0.29) is 18.3 Å². The number of nitriles is 1. The molecule has 0 heterocycles. The van der Waals surface area contributed by atoms with Crippen LogP contribution in [0.15, 0.2) is 24.3 Å². The quantitative estimate of drug-likeness (QED) is 0.837. The number of rotatable bonds is 5. The highest BCUT2D eigenvalue weighted by Gasteiger charge is 2.71. The molecule has 1 aromatic rings. The summed E-state index contributed by atoms with van der Waals surface area (Å²) in [4.78, 5) is 0. The minimum atomic E-state index is -3.31. The van der Waals surface area contributed by atoms with E-state index in [9.17, 15) is 13.7 Å². The third-order valence-electron chi connectivity index (χ3n) is 3.87. The summed E-state index contributed by atoms with van der Waals surface area (Å²) in [5.74, 6) is -0.329. The van der Waals surface area contributed by atoms with Crippen LogP contribution in [0.4, 0.5) is 0 Å². The number of methoxy groups -OCH3 is 1. The van der Waals surface area contributed by atoms with Gasteiger partial charge in [0.25, 0.3) is 0 Å². The first-order chi connectivity index (χ1) is 9.43. The molecule has 2 rings (SSSR count). The van der Waals surface area contributed by atoms with Gasteiger partial charge in [0, 0.05) is 23.8 Å². The molecule has 0 N–H and O–H groups in total. The van der Waals surface area contributed by atoms with Crippen LogP contribution in [0.3, 0.4) is 0 Å². The van der Waals surface area contributed by atoms with Crippen LogP contribution in [-0.2, 0) is 14.6 Å². The first-order valence-electron chi connectivity index (χ1n) is 6.30. The number of hydrogen-bond acceptors (Lipinski definition) is 4. The van der Waals surface area contributed by atoms with Crippen molar-refractivity contribution in [1.82, 2.24) is 0 Å². The van der Waals surface area contributed by atoms with E-state index in [1.807, 2.05) is 0 Å². The zero-order chi connectivity index (χ0) is 15.0. The van der Waals surface area contributed by atoms with Gasteiger partial charge in [0.2, 0.25) is 0 Å². The fourth-order valence-corrected chi connectivity index (χ4v) is 4.96. The van der Waals surface area contributed by atoms with Crippen LogP contribution in [0.25, 0.3) is 0 Å². The molecule has 1 aliphatic rings. The first kappa shape index (κ1) is 15.3. The lowest BCUT2D eigenvalue weighted by atomic mass is 10.0. The van der Waals surface area contributed by atoms with Crippen molar-refractivity contribution < 1.29 is 13.2 Å². The molecular weight excluding hydrogens is 298 g/mol. The SMILES string of the molecule is CCS(=O)(=O)[C@@H]1[C@H](c2ccc(Cl)cc2)[C@@]1(C#N)COC. The molecule has 0 unspecified atom stereocenters. The standard InChI is InChI=1S/C14H16ClNO3S/c1-3-20(17,18)13-12(14(13,8-16)9-19-2)10-4-6-11(15)7-5-10/h4-7,12-13H,3,9H2,1-2H3/t12-,13+,14+/m0/s1. The van der Waals surface area contributed by atoms with Gasteiger partial charge in [-0.05, 0) is 17.7 Å². The Balaban J connectivity index is 2.45. The van der Waals surface area contributed by atoms with Crippen LogP contribution in [0, 0.1) is 16.7 Å². The zero-order valence-corrected chi connectivity index (χ0v) is 12.9. The maximum Gasteiger partial charge on any atom is 0.155 e. The van der Waals surface area contributed by atoms with E-state index >= 15 is 0 Å². The molecule has 1 aromatic carbocycles. The Bertz CT molecular complexity index is 635. The second kappa shape index (κ2) is 5.36. The van der Waals surface area contributed by atoms with Gasteiger partial charge in [0.1, 0.15) is 5.41 Å². The molecule has 1 aliphatic carbocycles. The fraction of sp³-hybridized carbons (Fsp3) is 0.500. The van der Waals surface area contributed by atoms with Crippen molar-refractivity contribution in [2.24, 2.45) is 5.41 Å². The average molecular weight is 314 g/mol. The summed E-state index contributed by atoms with van der Waals surface area (Å²) in [6.45, 7) is 1.71. The molecule has 108 valence electrons. The van der Waals surface area contributed by atoms with Gasteiger partial charge in [0.05, 0.1) is 17.9 Å². The summed E-state index contributed by atoms with van der Waals surface area (Å²) in [5, 5.41) is 9.36. The van der Waals surface area contributed by atoms with Gasteiger partial charge in [-0.15, -0.1) is 0 Å². The Labute approximate surface area is 124 Å². The lowest BCUT2D eigenvalue weighted by Gasteiger charge is -2.07. The largest absolute Gasteiger partial charge is 0.383 e. The lowest BCUT2D eigenvalue weighted by molar-refractivity contribution is 0.162. The molecule has 0 aliphatic heterocycles. The van der Waals surface area contributed by atoms with Crippen molar-refractivity contribution in [3.05, 3.63) is 34.9 Å². The van der Waals surface area contributed by atoms with Crippen molar-refractivity contribution in [3.8, 4) is 6.07 Å². The molecule has 0 aromatic heterocycles. The van der Waals surface area contributed by atoms with Crippen LogP contribution < -0.4 is 0 Å². The Morgan fingerprint density at radius 1 is 1.40 bits per heavy atom. The Morgan fingerprint density at radius 2 is 2.00 bits per heavy atom. The van der Waals surface area contributed by atoms with Crippen LogP contribution in [0.1, 0.15) is 18.4 Å². The third-order valence-corrected chi connectivity index (χ3v) is 6.39. The molecule has 20 heavy (non-hydrogen) atoms. The Morgan fingerprint density at radius 3 is 2.45 bits per heavy atom. The molecule has 0 amide bonds. The molecular formula is C14H16ClNO3S. The molecule has 1 fully saturated rings. The predicted octanol–water partition coefficient (Wildman–Crippen LogP) is 2.40. The number of halogens is 1. The minimum absolute atomic E-state index is 0.0227. The van der Waals surface area contributed by atoms with E-state index in [2.05, 4.69) is 6.07 Å². The van der Waals surface area contributed by atoms with Gasteiger partial charge < -0.3 is 4.74 Å². The number of sulfone groups is 1. The van der Waals surface area contributed by atoms with E-state index in [1.165, 1.54) is 7.11 Å². The average Bonchev–Trinajstić information content (AvgIpc) is 3.10. The van der Waals surface area contributed by atoms with Gasteiger partial charge in [-0.2, -0.15) is 5.26 Å². The summed E-state index contributed by atoms with van der Waals surface area (Å²) in [6, 6.07) is 9.14. The number of hydrogen-bond donors (Lipinski definition) is 0. The summed E-state index contributed by atoms with van der Waals surface area (Å²) in [5.41, 5.74) is -0.174. The summed E-state index contributed by atoms with van der Waals surface area (Å²) in [6.07, 6.45) is 0. The molecule has 0 bridgehead atoms. The first-order valence-corrected chi connectivity index (χ1v) is 8.39. The van der Waals surface area contributed by atoms with E-state index in [0.29, 0.717) is 5.02 Å². The highest BCUT2D eigenvalue weighted by molar-refractivity contribution is 7.92. The minimum Gasteiger partial charge on any atom is -0.383 e. The maximum atomic E-state index is 12.2. The smallest absolute Gasteiger partial charge is 0.155 e. The molecule has 3 atom stereocenters. The number of benzene rings is 1. The number of nitrogens with zero attached hydrogens (tertiary/aromatic N) is 1. The van der Waals surface area contributed by atoms with Crippen molar-refractivity contribution in [3.63, 3.8) is 0 Å². The van der Waals surface area contributed by atoms with Crippen LogP contribution in [-0.4, -0.2) is 33.1 Å². The van der Waals surface area contributed by atoms with E-state index in [4.69, 9.17) is 16.3 Å². The normalized spacial score (nSPS) is 28.9. The van der Waals surface area contributed by atoms with E-state index < -0.39 is 20.5 Å². The Kier molecular flexibility index (Phi) is 4.10. The van der Waals surface area contributed by atoms with Crippen molar-refractivity contribution in [1.29, 1.82) is 5.26 Å². The third kappa shape index (κ3) is 2.32. The fourth-order valence-electron chi connectivity index (χ4n) is 2.83.